The monoisotopic (exact) mass is 603 g/mol. The lowest BCUT2D eigenvalue weighted by molar-refractivity contribution is 0.0578. The highest BCUT2D eigenvalue weighted by atomic mass is 35.5. The minimum atomic E-state index is -1.36. The van der Waals surface area contributed by atoms with Gasteiger partial charge in [-0.15, -0.1) is 0 Å². The van der Waals surface area contributed by atoms with Gasteiger partial charge in [-0.3, -0.25) is 14.8 Å². The molecule has 5 rings (SSSR count). The Morgan fingerprint density at radius 3 is 2.51 bits per heavy atom. The number of carboxylic acid groups (broad SMARTS) is 1. The van der Waals surface area contributed by atoms with E-state index in [-0.39, 0.29) is 66.3 Å². The molecule has 12 nitrogen and oxygen atoms in total. The molecule has 3 heterocycles. The number of aromatic nitrogens is 5. The van der Waals surface area contributed by atoms with Crippen molar-refractivity contribution in [3.05, 3.63) is 75.0 Å². The number of pyridine rings is 1. The van der Waals surface area contributed by atoms with Crippen LogP contribution in [0.3, 0.4) is 0 Å². The highest BCUT2D eigenvalue weighted by molar-refractivity contribution is 6.29. The van der Waals surface area contributed by atoms with Gasteiger partial charge in [0.05, 0.1) is 55.8 Å². The van der Waals surface area contributed by atoms with E-state index in [0.29, 0.717) is 11.3 Å². The van der Waals surface area contributed by atoms with E-state index in [9.17, 15) is 14.7 Å². The maximum atomic E-state index is 15.6. The van der Waals surface area contributed by atoms with Crippen LogP contribution < -0.4 is 15.6 Å². The number of aromatic carboxylic acids is 1. The molecule has 15 heteroatoms. The van der Waals surface area contributed by atoms with Gasteiger partial charge < -0.3 is 29.4 Å². The van der Waals surface area contributed by atoms with Crippen LogP contribution in [0.25, 0.3) is 10.9 Å². The van der Waals surface area contributed by atoms with Crippen molar-refractivity contribution in [2.24, 2.45) is 0 Å². The van der Waals surface area contributed by atoms with Gasteiger partial charge in [0.1, 0.15) is 34.2 Å². The lowest BCUT2D eigenvalue weighted by Crippen LogP contribution is -2.26. The molecule has 0 unspecified atom stereocenters. The zero-order chi connectivity index (χ0) is 28.9. The Labute approximate surface area is 242 Å². The van der Waals surface area contributed by atoms with Crippen LogP contribution in [0.1, 0.15) is 29.2 Å². The highest BCUT2D eigenvalue weighted by Gasteiger charge is 2.28. The van der Waals surface area contributed by atoms with Gasteiger partial charge in [0.15, 0.2) is 5.82 Å². The van der Waals surface area contributed by atoms with Gasteiger partial charge >= 0.3 is 5.97 Å². The number of benzene rings is 1. The minimum absolute atomic E-state index is 0.0130. The Kier molecular flexibility index (Phi) is 8.88. The van der Waals surface area contributed by atoms with Crippen molar-refractivity contribution in [1.29, 1.82) is 0 Å². The summed E-state index contributed by atoms with van der Waals surface area (Å²) in [5.41, 5.74) is -0.618. The fourth-order valence-electron chi connectivity index (χ4n) is 4.19. The van der Waals surface area contributed by atoms with E-state index in [1.807, 2.05) is 0 Å². The van der Waals surface area contributed by atoms with Crippen LogP contribution >= 0.6 is 23.2 Å². The van der Waals surface area contributed by atoms with E-state index in [0.717, 1.165) is 18.9 Å². The topological polar surface area (TPSA) is 145 Å². The number of hydrogen-bond donors (Lipinski definition) is 2. The number of nitrogens with one attached hydrogen (secondary N) is 1. The Bertz CT molecular complexity index is 1640. The molecular weight excluding hydrogens is 580 g/mol. The van der Waals surface area contributed by atoms with Gasteiger partial charge in [-0.2, -0.15) is 0 Å². The number of carboxylic acids is 1. The fraction of sp³-hybridized carbons (Fsp3) is 0.308. The molecule has 1 fully saturated rings. The Hall–Kier alpha value is -3.91. The summed E-state index contributed by atoms with van der Waals surface area (Å²) in [5, 5.41) is 12.8. The normalized spacial score (nSPS) is 13.0. The van der Waals surface area contributed by atoms with Crippen LogP contribution in [0.15, 0.2) is 47.9 Å². The first-order chi connectivity index (χ1) is 19.8. The number of nitrogens with zero attached hydrogens (tertiary/aromatic N) is 6. The van der Waals surface area contributed by atoms with Crippen LogP contribution in [0.4, 0.5) is 21.7 Å². The van der Waals surface area contributed by atoms with E-state index in [2.05, 4.69) is 25.3 Å². The van der Waals surface area contributed by atoms with E-state index >= 15 is 4.39 Å². The van der Waals surface area contributed by atoms with Crippen molar-refractivity contribution >= 4 is 57.4 Å². The second kappa shape index (κ2) is 12.7. The molecule has 2 N–H and O–H groups in total. The summed E-state index contributed by atoms with van der Waals surface area (Å²) in [4.78, 5) is 42.4. The SMILES string of the molecule is O=C(O)c1cn(C2CC2)c2cc(N(CCOCCOCNc3cncc(Cl)n3)c3cncc(Cl)n3)c(F)cc2c1=O. The minimum Gasteiger partial charge on any atom is -0.477 e. The average Bonchev–Trinajstić information content (AvgIpc) is 3.78. The first kappa shape index (κ1) is 28.6. The molecule has 4 aromatic rings. The van der Waals surface area contributed by atoms with Crippen LogP contribution in [-0.4, -0.2) is 68.7 Å². The van der Waals surface area contributed by atoms with Gasteiger partial charge in [0.25, 0.3) is 0 Å². The summed E-state index contributed by atoms with van der Waals surface area (Å²) in [5.74, 6) is -1.35. The van der Waals surface area contributed by atoms with E-state index < -0.39 is 22.8 Å². The molecule has 0 atom stereocenters. The van der Waals surface area contributed by atoms with Gasteiger partial charge in [0.2, 0.25) is 5.43 Å². The third-order valence-corrected chi connectivity index (χ3v) is 6.59. The summed E-state index contributed by atoms with van der Waals surface area (Å²) < 4.78 is 28.5. The smallest absolute Gasteiger partial charge is 0.341 e. The highest BCUT2D eigenvalue weighted by Crippen LogP contribution is 2.38. The van der Waals surface area contributed by atoms with Crippen LogP contribution in [-0.2, 0) is 9.47 Å². The van der Waals surface area contributed by atoms with Crippen molar-refractivity contribution in [3.63, 3.8) is 0 Å². The van der Waals surface area contributed by atoms with Crippen LogP contribution in [0.5, 0.6) is 0 Å². The van der Waals surface area contributed by atoms with Gasteiger partial charge in [0, 0.05) is 24.2 Å². The predicted octanol–water partition coefficient (Wildman–Crippen LogP) is 4.30. The number of hydrogen-bond acceptors (Lipinski definition) is 10. The second-order valence-corrected chi connectivity index (χ2v) is 9.83. The van der Waals surface area contributed by atoms with Crippen molar-refractivity contribution in [3.8, 4) is 0 Å². The van der Waals surface area contributed by atoms with Crippen LogP contribution in [0.2, 0.25) is 10.3 Å². The molecule has 41 heavy (non-hydrogen) atoms. The maximum absolute atomic E-state index is 15.6. The number of carbonyl (C=O) groups is 1. The first-order valence-corrected chi connectivity index (χ1v) is 13.3. The molecule has 1 aromatic carbocycles. The molecule has 0 aliphatic heterocycles. The largest absolute Gasteiger partial charge is 0.477 e. The Morgan fingerprint density at radius 1 is 1.07 bits per heavy atom. The summed E-state index contributed by atoms with van der Waals surface area (Å²) in [6, 6.07) is 2.61. The molecule has 214 valence electrons. The average molecular weight is 604 g/mol. The maximum Gasteiger partial charge on any atom is 0.341 e. The number of fused-ring (bicyclic) bond motifs is 1. The summed E-state index contributed by atoms with van der Waals surface area (Å²) >= 11 is 11.9. The quantitative estimate of drug-likeness (QED) is 0.166. The zero-order valence-electron chi connectivity index (χ0n) is 21.5. The summed E-state index contributed by atoms with van der Waals surface area (Å²) in [6.07, 6.45) is 8.70. The molecule has 1 saturated carbocycles. The van der Waals surface area contributed by atoms with Gasteiger partial charge in [-0.05, 0) is 25.0 Å². The standard InChI is InChI=1S/C26H24Cl2FN7O5/c27-21-9-30-11-23(33-21)32-14-41-6-5-40-4-3-35(24-12-31-10-22(28)34-24)20-8-19-16(7-18(20)29)25(37)17(26(38)39)13-36(19)15-1-2-15/h7-13,15H,1-6,14H2,(H,32,33)(H,38,39). The van der Waals surface area contributed by atoms with E-state index in [1.165, 1.54) is 37.1 Å². The lowest BCUT2D eigenvalue weighted by atomic mass is 10.1. The molecule has 1 aliphatic rings. The van der Waals surface area contributed by atoms with Crippen molar-refractivity contribution in [2.75, 3.05) is 43.3 Å². The Morgan fingerprint density at radius 2 is 1.80 bits per heavy atom. The summed E-state index contributed by atoms with van der Waals surface area (Å²) in [7, 11) is 0. The van der Waals surface area contributed by atoms with E-state index in [1.54, 1.807) is 9.47 Å². The number of halogens is 3. The van der Waals surface area contributed by atoms with Crippen LogP contribution in [0, 0.1) is 5.82 Å². The molecule has 3 aromatic heterocycles. The Balaban J connectivity index is 1.31. The first-order valence-electron chi connectivity index (χ1n) is 12.6. The third kappa shape index (κ3) is 6.88. The molecule has 0 spiro atoms. The molecule has 1 aliphatic carbocycles. The van der Waals surface area contributed by atoms with Gasteiger partial charge in [-0.1, -0.05) is 23.2 Å². The predicted molar refractivity (Wildman–Crippen MR) is 150 cm³/mol. The number of anilines is 3. The number of rotatable bonds is 13. The fourth-order valence-corrected chi connectivity index (χ4v) is 4.48. The number of ether oxygens (including phenoxy) is 2. The molecule has 0 amide bonds. The second-order valence-electron chi connectivity index (χ2n) is 9.06. The summed E-state index contributed by atoms with van der Waals surface area (Å²) in [6.45, 7) is 1.00. The molecule has 0 bridgehead atoms. The zero-order valence-corrected chi connectivity index (χ0v) is 23.0. The molecule has 0 radical (unpaired) electrons. The van der Waals surface area contributed by atoms with Crippen molar-refractivity contribution in [1.82, 2.24) is 24.5 Å². The molecule has 0 saturated heterocycles. The van der Waals surface area contributed by atoms with Crippen molar-refractivity contribution < 1.29 is 23.8 Å². The van der Waals surface area contributed by atoms with Gasteiger partial charge in [-0.25, -0.2) is 19.2 Å². The lowest BCUT2D eigenvalue weighted by Gasteiger charge is -2.25. The third-order valence-electron chi connectivity index (χ3n) is 6.22. The van der Waals surface area contributed by atoms with E-state index in [4.69, 9.17) is 32.7 Å². The molecular formula is C26H24Cl2FN7O5. The van der Waals surface area contributed by atoms with Crippen molar-refractivity contribution in [2.45, 2.75) is 18.9 Å².